The van der Waals surface area contributed by atoms with Crippen molar-refractivity contribution in [2.45, 2.75) is 124 Å². The lowest BCUT2D eigenvalue weighted by molar-refractivity contribution is -0.192. The third-order valence-corrected chi connectivity index (χ3v) is 9.79. The average molecular weight is 771 g/mol. The topological polar surface area (TPSA) is 195 Å². The van der Waals surface area contributed by atoms with Crippen molar-refractivity contribution in [2.24, 2.45) is 29.1 Å². The SMILES string of the molecule is C=C1C(OC(=O)c2ccccc2)C(OC(C)=O)C(OC(C)=O)C(C)(C)C=CC(C)C(=O)C2(O)CC(C)(OC(C)=O)C(OC(=O)C(C)C)C2C1OC(=O)C(C)C. The van der Waals surface area contributed by atoms with Crippen LogP contribution in [0.15, 0.2) is 54.6 Å². The number of Topliss-reactive ketones (excluding diaryl/α,β-unsaturated/α-hetero) is 1. The zero-order valence-electron chi connectivity index (χ0n) is 33.4. The van der Waals surface area contributed by atoms with Gasteiger partial charge in [-0.2, -0.15) is 0 Å². The maximum absolute atomic E-state index is 14.7. The highest BCUT2D eigenvalue weighted by atomic mass is 16.6. The van der Waals surface area contributed by atoms with Gasteiger partial charge in [0.05, 0.1) is 23.3 Å². The molecule has 9 unspecified atom stereocenters. The van der Waals surface area contributed by atoms with Crippen LogP contribution >= 0.6 is 0 Å². The summed E-state index contributed by atoms with van der Waals surface area (Å²) >= 11 is 0. The van der Waals surface area contributed by atoms with Crippen LogP contribution in [0.5, 0.6) is 0 Å². The second-order valence-electron chi connectivity index (χ2n) is 15.8. The van der Waals surface area contributed by atoms with E-state index in [9.17, 15) is 38.7 Å². The van der Waals surface area contributed by atoms with Crippen molar-refractivity contribution in [1.29, 1.82) is 0 Å². The molecule has 0 aliphatic heterocycles. The number of hydrogen-bond donors (Lipinski definition) is 1. The van der Waals surface area contributed by atoms with Crippen LogP contribution in [0.4, 0.5) is 0 Å². The average Bonchev–Trinajstić information content (AvgIpc) is 3.30. The lowest BCUT2D eigenvalue weighted by Gasteiger charge is -2.44. The number of rotatable bonds is 9. The molecule has 0 radical (unpaired) electrons. The molecule has 2 aliphatic carbocycles. The van der Waals surface area contributed by atoms with Crippen molar-refractivity contribution < 1.29 is 67.1 Å². The van der Waals surface area contributed by atoms with Crippen LogP contribution in [0.25, 0.3) is 0 Å². The Morgan fingerprint density at radius 3 is 1.82 bits per heavy atom. The monoisotopic (exact) mass is 770 g/mol. The fourth-order valence-electron chi connectivity index (χ4n) is 7.10. The van der Waals surface area contributed by atoms with E-state index in [1.165, 1.54) is 52.0 Å². The van der Waals surface area contributed by atoms with Crippen molar-refractivity contribution >= 4 is 41.6 Å². The molecule has 2 aliphatic rings. The van der Waals surface area contributed by atoms with E-state index in [1.54, 1.807) is 45.9 Å². The predicted molar refractivity (Wildman–Crippen MR) is 196 cm³/mol. The van der Waals surface area contributed by atoms with Gasteiger partial charge >= 0.3 is 35.8 Å². The Balaban J connectivity index is 2.56. The number of carbonyl (C=O) groups excluding carboxylic acids is 7. The molecule has 9 atom stereocenters. The number of benzene rings is 1. The first-order chi connectivity index (χ1) is 25.4. The molecule has 0 bridgehead atoms. The maximum Gasteiger partial charge on any atom is 0.338 e. The molecule has 14 nitrogen and oxygen atoms in total. The first kappa shape index (κ1) is 44.5. The van der Waals surface area contributed by atoms with Crippen molar-refractivity contribution in [3.63, 3.8) is 0 Å². The quantitative estimate of drug-likeness (QED) is 0.207. The van der Waals surface area contributed by atoms with E-state index in [4.69, 9.17) is 28.4 Å². The Bertz CT molecular complexity index is 1690. The van der Waals surface area contributed by atoms with E-state index >= 15 is 0 Å². The van der Waals surface area contributed by atoms with Gasteiger partial charge in [0.2, 0.25) is 0 Å². The van der Waals surface area contributed by atoms with Crippen LogP contribution in [0.2, 0.25) is 0 Å². The van der Waals surface area contributed by atoms with E-state index in [0.29, 0.717) is 0 Å². The van der Waals surface area contributed by atoms with Crippen LogP contribution in [0.3, 0.4) is 0 Å². The van der Waals surface area contributed by atoms with Gasteiger partial charge in [-0.1, -0.05) is 85.4 Å². The number of esters is 6. The third kappa shape index (κ3) is 10.1. The normalized spacial score (nSPS) is 30.6. The molecular formula is C41H54O14. The second-order valence-corrected chi connectivity index (χ2v) is 15.8. The highest BCUT2D eigenvalue weighted by Gasteiger charge is 2.69. The van der Waals surface area contributed by atoms with Gasteiger partial charge in [-0.15, -0.1) is 0 Å². The first-order valence-electron chi connectivity index (χ1n) is 18.2. The lowest BCUT2D eigenvalue weighted by Crippen LogP contribution is -2.58. The summed E-state index contributed by atoms with van der Waals surface area (Å²) in [7, 11) is 0. The molecule has 0 saturated heterocycles. The van der Waals surface area contributed by atoms with E-state index < -0.39 is 119 Å². The van der Waals surface area contributed by atoms with Gasteiger partial charge in [-0.25, -0.2) is 4.79 Å². The fraction of sp³-hybridized carbons (Fsp3) is 0.585. The Morgan fingerprint density at radius 2 is 1.31 bits per heavy atom. The van der Waals surface area contributed by atoms with Gasteiger partial charge in [-0.05, 0) is 19.1 Å². The molecule has 1 saturated carbocycles. The Morgan fingerprint density at radius 1 is 0.764 bits per heavy atom. The minimum absolute atomic E-state index is 0.0504. The van der Waals surface area contributed by atoms with Gasteiger partial charge in [0.15, 0.2) is 30.2 Å². The number of fused-ring (bicyclic) bond motifs is 1. The third-order valence-electron chi connectivity index (χ3n) is 9.79. The molecule has 3 rings (SSSR count). The molecule has 302 valence electrons. The number of allylic oxidation sites excluding steroid dienone is 1. The van der Waals surface area contributed by atoms with Crippen LogP contribution in [0.1, 0.15) is 92.9 Å². The van der Waals surface area contributed by atoms with Crippen LogP contribution in [0, 0.1) is 29.1 Å². The summed E-state index contributed by atoms with van der Waals surface area (Å²) in [5.41, 5.74) is -6.06. The summed E-state index contributed by atoms with van der Waals surface area (Å²) in [5, 5.41) is 12.8. The first-order valence-corrected chi connectivity index (χ1v) is 18.2. The number of carbonyl (C=O) groups is 7. The number of aliphatic hydroxyl groups is 1. The zero-order chi connectivity index (χ0) is 41.8. The van der Waals surface area contributed by atoms with Crippen molar-refractivity contribution in [1.82, 2.24) is 0 Å². The zero-order valence-corrected chi connectivity index (χ0v) is 33.4. The fourth-order valence-corrected chi connectivity index (χ4v) is 7.10. The number of ether oxygens (including phenoxy) is 6. The van der Waals surface area contributed by atoms with Gasteiger partial charge in [-0.3, -0.25) is 28.8 Å². The maximum atomic E-state index is 14.7. The summed E-state index contributed by atoms with van der Waals surface area (Å²) in [6, 6.07) is 7.73. The number of ketones is 1. The largest absolute Gasteiger partial charge is 0.458 e. The lowest BCUT2D eigenvalue weighted by atomic mass is 9.72. The molecule has 1 fully saturated rings. The second kappa shape index (κ2) is 17.3. The molecule has 14 heteroatoms. The Kier molecular flexibility index (Phi) is 14.0. The highest BCUT2D eigenvalue weighted by Crippen LogP contribution is 2.52. The Hall–Kier alpha value is -4.85. The van der Waals surface area contributed by atoms with Crippen molar-refractivity contribution in [2.75, 3.05) is 0 Å². The van der Waals surface area contributed by atoms with Crippen LogP contribution in [-0.4, -0.2) is 88.4 Å². The van der Waals surface area contributed by atoms with Gasteiger partial charge in [0, 0.05) is 44.1 Å². The molecular weight excluding hydrogens is 716 g/mol. The highest BCUT2D eigenvalue weighted by molar-refractivity contribution is 5.92. The van der Waals surface area contributed by atoms with Gasteiger partial charge in [0.1, 0.15) is 17.3 Å². The summed E-state index contributed by atoms with van der Waals surface area (Å²) < 4.78 is 35.6. The van der Waals surface area contributed by atoms with Crippen LogP contribution < -0.4 is 0 Å². The minimum Gasteiger partial charge on any atom is -0.458 e. The summed E-state index contributed by atoms with van der Waals surface area (Å²) in [4.78, 5) is 94.0. The van der Waals surface area contributed by atoms with Crippen LogP contribution in [-0.2, 0) is 57.2 Å². The van der Waals surface area contributed by atoms with Crippen molar-refractivity contribution in [3.8, 4) is 0 Å². The standard InChI is InChI=1S/C41H54O14/c1-21(2)36(46)52-30-24(6)31(53-38(48)28-16-14-13-15-17-28)32(50-25(7)42)35(51-26(8)43)39(10,11)19-18-23(5)33(45)41(49)20-40(12,55-27(9)44)34(29(30)41)54-37(47)22(3)4/h13-19,21-23,29-32,34-35,49H,6,20H2,1-5,7-12H3. The molecule has 0 aromatic heterocycles. The summed E-state index contributed by atoms with van der Waals surface area (Å²) in [5.74, 6) is -10.4. The van der Waals surface area contributed by atoms with E-state index in [2.05, 4.69) is 6.58 Å². The molecule has 55 heavy (non-hydrogen) atoms. The van der Waals surface area contributed by atoms with E-state index in [0.717, 1.165) is 20.8 Å². The van der Waals surface area contributed by atoms with E-state index in [-0.39, 0.29) is 11.1 Å². The summed E-state index contributed by atoms with van der Waals surface area (Å²) in [6.45, 7) is 19.8. The summed E-state index contributed by atoms with van der Waals surface area (Å²) in [6.07, 6.45) is -6.18. The van der Waals surface area contributed by atoms with Gasteiger partial charge < -0.3 is 33.5 Å². The van der Waals surface area contributed by atoms with E-state index in [1.807, 2.05) is 0 Å². The smallest absolute Gasteiger partial charge is 0.338 e. The molecule has 0 heterocycles. The minimum atomic E-state index is -2.58. The number of hydrogen-bond acceptors (Lipinski definition) is 14. The molecule has 0 amide bonds. The molecule has 1 aromatic rings. The molecule has 1 N–H and O–H groups in total. The predicted octanol–water partition coefficient (Wildman–Crippen LogP) is 4.64. The Labute approximate surface area is 321 Å². The van der Waals surface area contributed by atoms with Crippen molar-refractivity contribution in [3.05, 3.63) is 60.2 Å². The molecule has 1 aromatic carbocycles. The van der Waals surface area contributed by atoms with Gasteiger partial charge in [0.25, 0.3) is 0 Å². The molecule has 0 spiro atoms.